The lowest BCUT2D eigenvalue weighted by Gasteiger charge is -2.45. The predicted molar refractivity (Wildman–Crippen MR) is 99.9 cm³/mol. The molecule has 1 heterocycles. The molecule has 3 N–H and O–H groups in total. The van der Waals surface area contributed by atoms with Gasteiger partial charge in [-0.15, -0.1) is 0 Å². The summed E-state index contributed by atoms with van der Waals surface area (Å²) in [6.45, 7) is 10.3. The molecule has 0 aromatic heterocycles. The van der Waals surface area contributed by atoms with Crippen LogP contribution in [-0.4, -0.2) is 12.6 Å². The third-order valence-electron chi connectivity index (χ3n) is 5.35. The summed E-state index contributed by atoms with van der Waals surface area (Å²) < 4.78 is 5.91. The number of rotatable bonds is 4. The van der Waals surface area contributed by atoms with Crippen molar-refractivity contribution in [3.05, 3.63) is 41.7 Å². The van der Waals surface area contributed by atoms with Gasteiger partial charge in [0, 0.05) is 0 Å². The van der Waals surface area contributed by atoms with Crippen molar-refractivity contribution in [2.24, 2.45) is 16.6 Å². The fraction of sp³-hybridized carbons (Fsp3) is 0.619. The van der Waals surface area contributed by atoms with Gasteiger partial charge in [-0.3, -0.25) is 0 Å². The quantitative estimate of drug-likeness (QED) is 0.852. The Kier molecular flexibility index (Phi) is 4.54. The molecule has 24 heavy (non-hydrogen) atoms. The maximum atomic E-state index is 5.91. The first-order valence-electron chi connectivity index (χ1n) is 9.17. The summed E-state index contributed by atoms with van der Waals surface area (Å²) in [6, 6.07) is 9.05. The van der Waals surface area contributed by atoms with Gasteiger partial charge in [-0.25, -0.2) is 0 Å². The highest BCUT2D eigenvalue weighted by molar-refractivity contribution is 5.30. The largest absolute Gasteiger partial charge is 0.491 e. The Labute approximate surface area is 146 Å². The zero-order valence-corrected chi connectivity index (χ0v) is 15.6. The number of nitrogens with one attached hydrogen (secondary N) is 1. The van der Waals surface area contributed by atoms with Crippen molar-refractivity contribution in [2.75, 3.05) is 6.61 Å². The number of hydrogen-bond donors (Lipinski definition) is 2. The van der Waals surface area contributed by atoms with Crippen LogP contribution in [0.25, 0.3) is 0 Å². The molecule has 0 radical (unpaired) electrons. The fourth-order valence-electron chi connectivity index (χ4n) is 4.85. The lowest BCUT2D eigenvalue weighted by atomic mass is 9.60. The lowest BCUT2D eigenvalue weighted by Crippen LogP contribution is -2.32. The average molecular weight is 329 g/mol. The van der Waals surface area contributed by atoms with Gasteiger partial charge in [-0.1, -0.05) is 39.8 Å². The SMILES string of the molecule is CC1(C)CC(c2ccc(OCC3CC=C(N)N3)cc2)CC(C)(C)C1. The molecule has 0 amide bonds. The van der Waals surface area contributed by atoms with Crippen LogP contribution in [0.5, 0.6) is 5.75 Å². The van der Waals surface area contributed by atoms with Crippen LogP contribution >= 0.6 is 0 Å². The molecule has 3 nitrogen and oxygen atoms in total. The highest BCUT2D eigenvalue weighted by atomic mass is 16.5. The molecular weight excluding hydrogens is 296 g/mol. The maximum Gasteiger partial charge on any atom is 0.119 e. The molecule has 1 atom stereocenters. The van der Waals surface area contributed by atoms with Crippen LogP contribution < -0.4 is 15.8 Å². The molecule has 0 spiro atoms. The van der Waals surface area contributed by atoms with Crippen LogP contribution in [-0.2, 0) is 0 Å². The van der Waals surface area contributed by atoms with Crippen molar-refractivity contribution in [1.29, 1.82) is 0 Å². The number of nitrogens with two attached hydrogens (primary N) is 1. The van der Waals surface area contributed by atoms with Gasteiger partial charge in [0.1, 0.15) is 12.4 Å². The highest BCUT2D eigenvalue weighted by Gasteiger charge is 2.38. The first kappa shape index (κ1) is 17.2. The van der Waals surface area contributed by atoms with E-state index in [-0.39, 0.29) is 0 Å². The Morgan fingerprint density at radius 3 is 2.25 bits per heavy atom. The van der Waals surface area contributed by atoms with Crippen molar-refractivity contribution < 1.29 is 4.74 Å². The molecule has 3 rings (SSSR count). The molecule has 3 heteroatoms. The van der Waals surface area contributed by atoms with Gasteiger partial charge in [-0.05, 0) is 66.2 Å². The van der Waals surface area contributed by atoms with E-state index in [0.29, 0.717) is 29.4 Å². The van der Waals surface area contributed by atoms with Gasteiger partial charge in [0.25, 0.3) is 0 Å². The first-order chi connectivity index (χ1) is 11.2. The van der Waals surface area contributed by atoms with E-state index in [1.54, 1.807) is 0 Å². The molecule has 1 saturated carbocycles. The molecule has 1 aliphatic carbocycles. The summed E-state index contributed by atoms with van der Waals surface area (Å²) in [5.74, 6) is 2.36. The Bertz CT molecular complexity index is 585. The van der Waals surface area contributed by atoms with Crippen LogP contribution in [0.15, 0.2) is 36.2 Å². The van der Waals surface area contributed by atoms with E-state index in [0.717, 1.165) is 18.0 Å². The molecule has 1 aliphatic heterocycles. The molecule has 1 aromatic rings. The highest BCUT2D eigenvalue weighted by Crippen LogP contribution is 2.51. The van der Waals surface area contributed by atoms with Gasteiger partial charge in [0.2, 0.25) is 0 Å². The predicted octanol–water partition coefficient (Wildman–Crippen LogP) is 4.55. The normalized spacial score (nSPS) is 25.8. The van der Waals surface area contributed by atoms with Crippen molar-refractivity contribution in [3.8, 4) is 5.75 Å². The van der Waals surface area contributed by atoms with Crippen LogP contribution in [0, 0.1) is 10.8 Å². The van der Waals surface area contributed by atoms with E-state index in [2.05, 4.69) is 57.3 Å². The van der Waals surface area contributed by atoms with Crippen LogP contribution in [0.2, 0.25) is 0 Å². The van der Waals surface area contributed by atoms with Gasteiger partial charge in [-0.2, -0.15) is 0 Å². The second-order valence-electron chi connectivity index (χ2n) is 9.23. The monoisotopic (exact) mass is 328 g/mol. The van der Waals surface area contributed by atoms with Crippen molar-refractivity contribution in [1.82, 2.24) is 5.32 Å². The van der Waals surface area contributed by atoms with Gasteiger partial charge in [0.05, 0.1) is 11.9 Å². The zero-order valence-electron chi connectivity index (χ0n) is 15.6. The maximum absolute atomic E-state index is 5.91. The zero-order chi connectivity index (χ0) is 17.4. The van der Waals surface area contributed by atoms with E-state index < -0.39 is 0 Å². The van der Waals surface area contributed by atoms with Gasteiger partial charge in [0.15, 0.2) is 0 Å². The van der Waals surface area contributed by atoms with Crippen molar-refractivity contribution in [2.45, 2.75) is 65.3 Å². The smallest absolute Gasteiger partial charge is 0.119 e. The summed E-state index contributed by atoms with van der Waals surface area (Å²) in [4.78, 5) is 0. The third-order valence-corrected chi connectivity index (χ3v) is 5.35. The van der Waals surface area contributed by atoms with Crippen LogP contribution in [0.3, 0.4) is 0 Å². The fourth-order valence-corrected chi connectivity index (χ4v) is 4.85. The Hall–Kier alpha value is -1.64. The van der Waals surface area contributed by atoms with E-state index in [9.17, 15) is 0 Å². The second-order valence-corrected chi connectivity index (χ2v) is 9.23. The number of hydrogen-bond acceptors (Lipinski definition) is 3. The van der Waals surface area contributed by atoms with Gasteiger partial charge >= 0.3 is 0 Å². The van der Waals surface area contributed by atoms with Gasteiger partial charge < -0.3 is 15.8 Å². The van der Waals surface area contributed by atoms with E-state index in [4.69, 9.17) is 10.5 Å². The second kappa shape index (κ2) is 6.34. The van der Waals surface area contributed by atoms with Crippen molar-refractivity contribution >= 4 is 0 Å². The van der Waals surface area contributed by atoms with E-state index >= 15 is 0 Å². The Morgan fingerprint density at radius 2 is 1.71 bits per heavy atom. The minimum absolute atomic E-state index is 0.296. The minimum atomic E-state index is 0.296. The summed E-state index contributed by atoms with van der Waals surface area (Å²) >= 11 is 0. The van der Waals surface area contributed by atoms with E-state index in [1.165, 1.54) is 24.8 Å². The molecule has 2 aliphatic rings. The summed E-state index contributed by atoms with van der Waals surface area (Å²) in [7, 11) is 0. The molecule has 1 aromatic carbocycles. The molecule has 0 saturated heterocycles. The number of benzene rings is 1. The number of ether oxygens (including phenoxy) is 1. The molecule has 1 unspecified atom stereocenters. The van der Waals surface area contributed by atoms with Crippen LogP contribution in [0.4, 0.5) is 0 Å². The first-order valence-corrected chi connectivity index (χ1v) is 9.17. The summed E-state index contributed by atoms with van der Waals surface area (Å²) in [5, 5.41) is 3.22. The average Bonchev–Trinajstić information content (AvgIpc) is 2.88. The van der Waals surface area contributed by atoms with Crippen LogP contribution in [0.1, 0.15) is 64.9 Å². The third kappa shape index (κ3) is 4.25. The molecular formula is C21H32N2O. The standard InChI is InChI=1S/C21H32N2O/c1-20(2)11-16(12-21(3,4)14-20)15-5-8-18(9-6-15)24-13-17-7-10-19(22)23-17/h5-6,8-10,16-17,23H,7,11-14,22H2,1-4H3. The lowest BCUT2D eigenvalue weighted by molar-refractivity contribution is 0.0969. The summed E-state index contributed by atoms with van der Waals surface area (Å²) in [5.41, 5.74) is 8.03. The molecule has 1 fully saturated rings. The Morgan fingerprint density at radius 1 is 1.08 bits per heavy atom. The minimum Gasteiger partial charge on any atom is -0.491 e. The van der Waals surface area contributed by atoms with Crippen molar-refractivity contribution in [3.63, 3.8) is 0 Å². The molecule has 0 bridgehead atoms. The summed E-state index contributed by atoms with van der Waals surface area (Å²) in [6.07, 6.45) is 6.81. The molecule has 132 valence electrons. The topological polar surface area (TPSA) is 47.3 Å². The Balaban J connectivity index is 1.60. The van der Waals surface area contributed by atoms with E-state index in [1.807, 2.05) is 6.08 Å².